The molecule has 0 N–H and O–H groups in total. The fourth-order valence-electron chi connectivity index (χ4n) is 2.37. The fraction of sp³-hybridized carbons (Fsp3) is 0.467. The van der Waals surface area contributed by atoms with Crippen molar-refractivity contribution in [1.29, 1.82) is 0 Å². The Labute approximate surface area is 115 Å². The topological polar surface area (TPSA) is 37.4 Å². The third-order valence-electron chi connectivity index (χ3n) is 4.05. The summed E-state index contributed by atoms with van der Waals surface area (Å²) in [6, 6.07) is 7.79. The van der Waals surface area contributed by atoms with Crippen LogP contribution < -0.4 is 4.90 Å². The van der Waals surface area contributed by atoms with Crippen molar-refractivity contribution in [2.45, 2.75) is 38.9 Å². The van der Waals surface area contributed by atoms with Crippen LogP contribution in [0, 0.1) is 5.92 Å². The number of hydrogen-bond donors (Lipinski definition) is 0. The molecule has 3 nitrogen and oxygen atoms in total. The lowest BCUT2D eigenvalue weighted by molar-refractivity contribution is -0.122. The number of imide groups is 1. The number of anilines is 1. The van der Waals surface area contributed by atoms with Gasteiger partial charge in [-0.25, -0.2) is 0 Å². The SMILES string of the molecule is BC(C)C(C)c1ccc(N2C(=O)CC(C)C2=O)cc1. The Morgan fingerprint density at radius 2 is 1.79 bits per heavy atom. The van der Waals surface area contributed by atoms with Crippen LogP contribution in [0.5, 0.6) is 0 Å². The zero-order chi connectivity index (χ0) is 14.2. The summed E-state index contributed by atoms with van der Waals surface area (Å²) >= 11 is 0. The summed E-state index contributed by atoms with van der Waals surface area (Å²) in [4.78, 5) is 25.1. The highest BCUT2D eigenvalue weighted by molar-refractivity contribution is 6.20. The molecule has 1 saturated heterocycles. The Morgan fingerprint density at radius 3 is 2.21 bits per heavy atom. The molecule has 1 aliphatic rings. The van der Waals surface area contributed by atoms with Crippen LogP contribution in [0.3, 0.4) is 0 Å². The molecule has 2 rings (SSSR count). The van der Waals surface area contributed by atoms with Crippen molar-refractivity contribution in [1.82, 2.24) is 0 Å². The van der Waals surface area contributed by atoms with Crippen molar-refractivity contribution in [2.24, 2.45) is 5.92 Å². The summed E-state index contributed by atoms with van der Waals surface area (Å²) in [5.41, 5.74) is 1.94. The number of carbonyl (C=O) groups excluding carboxylic acids is 2. The van der Waals surface area contributed by atoms with Gasteiger partial charge < -0.3 is 0 Å². The van der Waals surface area contributed by atoms with Gasteiger partial charge in [0.05, 0.1) is 5.69 Å². The largest absolute Gasteiger partial charge is 0.274 e. The summed E-state index contributed by atoms with van der Waals surface area (Å²) in [6.07, 6.45) is 0.322. The molecule has 19 heavy (non-hydrogen) atoms. The zero-order valence-corrected chi connectivity index (χ0v) is 12.0. The first-order valence-corrected chi connectivity index (χ1v) is 6.88. The van der Waals surface area contributed by atoms with E-state index in [9.17, 15) is 9.59 Å². The summed E-state index contributed by atoms with van der Waals surface area (Å²) in [7, 11) is 2.19. The van der Waals surface area contributed by atoms with Gasteiger partial charge in [-0.2, -0.15) is 0 Å². The van der Waals surface area contributed by atoms with E-state index in [0.29, 0.717) is 23.8 Å². The van der Waals surface area contributed by atoms with Crippen LogP contribution in [0.4, 0.5) is 5.69 Å². The van der Waals surface area contributed by atoms with Crippen LogP contribution in [0.1, 0.15) is 38.7 Å². The number of rotatable bonds is 3. The van der Waals surface area contributed by atoms with Crippen molar-refractivity contribution >= 4 is 25.3 Å². The lowest BCUT2D eigenvalue weighted by Crippen LogP contribution is -2.29. The van der Waals surface area contributed by atoms with Crippen LogP contribution in [0.25, 0.3) is 0 Å². The van der Waals surface area contributed by atoms with E-state index in [0.717, 1.165) is 0 Å². The molecule has 1 aromatic carbocycles. The molecule has 1 heterocycles. The Kier molecular flexibility index (Phi) is 3.79. The average molecular weight is 257 g/mol. The molecule has 100 valence electrons. The second-order valence-electron chi connectivity index (χ2n) is 5.80. The summed E-state index contributed by atoms with van der Waals surface area (Å²) < 4.78 is 0. The van der Waals surface area contributed by atoms with Crippen LogP contribution in [0.15, 0.2) is 24.3 Å². The molecule has 3 atom stereocenters. The van der Waals surface area contributed by atoms with Crippen molar-refractivity contribution in [3.63, 3.8) is 0 Å². The highest BCUT2D eigenvalue weighted by Crippen LogP contribution is 2.30. The third kappa shape index (κ3) is 2.58. The van der Waals surface area contributed by atoms with Crippen LogP contribution >= 0.6 is 0 Å². The van der Waals surface area contributed by atoms with Crippen LogP contribution in [0.2, 0.25) is 5.82 Å². The van der Waals surface area contributed by atoms with Gasteiger partial charge in [0.2, 0.25) is 11.8 Å². The second-order valence-corrected chi connectivity index (χ2v) is 5.80. The quantitative estimate of drug-likeness (QED) is 0.614. The molecule has 1 aliphatic heterocycles. The van der Waals surface area contributed by atoms with Gasteiger partial charge in [-0.15, -0.1) is 0 Å². The van der Waals surface area contributed by atoms with Crippen molar-refractivity contribution < 1.29 is 9.59 Å². The standard InChI is InChI=1S/C15H20BNO2/c1-9-8-14(18)17(15(9)19)13-6-4-12(5-7-13)10(2)11(3)16/h4-7,9-11H,8,16H2,1-3H3. The molecular formula is C15H20BNO2. The van der Waals surface area contributed by atoms with Crippen LogP contribution in [-0.2, 0) is 9.59 Å². The summed E-state index contributed by atoms with van der Waals surface area (Å²) in [5, 5.41) is 0. The van der Waals surface area contributed by atoms with E-state index in [-0.39, 0.29) is 17.7 Å². The number of hydrogen-bond acceptors (Lipinski definition) is 2. The number of amides is 2. The second kappa shape index (κ2) is 5.20. The molecule has 0 spiro atoms. The highest BCUT2D eigenvalue weighted by atomic mass is 16.2. The highest BCUT2D eigenvalue weighted by Gasteiger charge is 2.36. The smallest absolute Gasteiger partial charge is 0.237 e. The van der Waals surface area contributed by atoms with Gasteiger partial charge in [0.15, 0.2) is 0 Å². The van der Waals surface area contributed by atoms with Gasteiger partial charge in [-0.1, -0.05) is 38.7 Å². The first-order valence-electron chi connectivity index (χ1n) is 6.88. The van der Waals surface area contributed by atoms with Gasteiger partial charge in [0.25, 0.3) is 0 Å². The van der Waals surface area contributed by atoms with E-state index in [1.807, 2.05) is 24.3 Å². The number of nitrogens with zero attached hydrogens (tertiary/aromatic N) is 1. The van der Waals surface area contributed by atoms with E-state index in [1.54, 1.807) is 6.92 Å². The molecule has 0 bridgehead atoms. The predicted molar refractivity (Wildman–Crippen MR) is 79.1 cm³/mol. The molecule has 0 aliphatic carbocycles. The van der Waals surface area contributed by atoms with E-state index < -0.39 is 0 Å². The maximum Gasteiger partial charge on any atom is 0.237 e. The molecule has 1 fully saturated rings. The molecule has 4 heteroatoms. The molecular weight excluding hydrogens is 237 g/mol. The summed E-state index contributed by atoms with van der Waals surface area (Å²) in [6.45, 7) is 6.18. The van der Waals surface area contributed by atoms with E-state index in [4.69, 9.17) is 0 Å². The van der Waals surface area contributed by atoms with Crippen molar-refractivity contribution in [2.75, 3.05) is 4.90 Å². The van der Waals surface area contributed by atoms with Crippen molar-refractivity contribution in [3.8, 4) is 0 Å². The molecule has 0 saturated carbocycles. The number of benzene rings is 1. The van der Waals surface area contributed by atoms with Crippen molar-refractivity contribution in [3.05, 3.63) is 29.8 Å². The fourth-order valence-corrected chi connectivity index (χ4v) is 2.37. The third-order valence-corrected chi connectivity index (χ3v) is 4.05. The van der Waals surface area contributed by atoms with Gasteiger partial charge in [-0.3, -0.25) is 14.5 Å². The molecule has 2 amide bonds. The summed E-state index contributed by atoms with van der Waals surface area (Å²) in [5.74, 6) is 0.664. The van der Waals surface area contributed by atoms with E-state index in [2.05, 4.69) is 21.7 Å². The minimum Gasteiger partial charge on any atom is -0.274 e. The van der Waals surface area contributed by atoms with Gasteiger partial charge in [0.1, 0.15) is 7.85 Å². The maximum atomic E-state index is 11.9. The lowest BCUT2D eigenvalue weighted by Gasteiger charge is -2.18. The molecule has 1 aromatic rings. The molecule has 0 aromatic heterocycles. The first-order chi connectivity index (χ1) is 8.91. The molecule has 0 radical (unpaired) electrons. The monoisotopic (exact) mass is 257 g/mol. The van der Waals surface area contributed by atoms with Gasteiger partial charge >= 0.3 is 0 Å². The van der Waals surface area contributed by atoms with Gasteiger partial charge in [-0.05, 0) is 23.6 Å². The van der Waals surface area contributed by atoms with E-state index in [1.165, 1.54) is 10.5 Å². The Bertz CT molecular complexity index is 495. The number of carbonyl (C=O) groups is 2. The maximum absolute atomic E-state index is 11.9. The Hall–Kier alpha value is -1.58. The minimum absolute atomic E-state index is 0.0883. The van der Waals surface area contributed by atoms with Gasteiger partial charge in [0, 0.05) is 12.3 Å². The lowest BCUT2D eigenvalue weighted by atomic mass is 9.76. The zero-order valence-electron chi connectivity index (χ0n) is 12.0. The predicted octanol–water partition coefficient (Wildman–Crippen LogP) is 2.13. The van der Waals surface area contributed by atoms with E-state index >= 15 is 0 Å². The first kappa shape index (κ1) is 13.8. The normalized spacial score (nSPS) is 22.7. The average Bonchev–Trinajstić information content (AvgIpc) is 2.62. The Morgan fingerprint density at radius 1 is 1.21 bits per heavy atom. The van der Waals surface area contributed by atoms with Crippen LogP contribution in [-0.4, -0.2) is 19.7 Å². The Balaban J connectivity index is 2.24. The minimum atomic E-state index is -0.193. The molecule has 3 unspecified atom stereocenters.